The Labute approximate surface area is 156 Å². The van der Waals surface area contributed by atoms with Gasteiger partial charge in [-0.15, -0.1) is 0 Å². The molecule has 0 fully saturated rings. The first-order chi connectivity index (χ1) is 12.8. The third-order valence-electron chi connectivity index (χ3n) is 4.87. The van der Waals surface area contributed by atoms with E-state index in [1.165, 1.54) is 0 Å². The minimum atomic E-state index is -0.661. The van der Waals surface area contributed by atoms with Crippen LogP contribution in [0.5, 0.6) is 5.75 Å². The Kier molecular flexibility index (Phi) is 5.03. The summed E-state index contributed by atoms with van der Waals surface area (Å²) in [5.41, 5.74) is 2.55. The molecule has 0 amide bonds. The fourth-order valence-electron chi connectivity index (χ4n) is 3.59. The molecule has 3 rings (SSSR count). The van der Waals surface area contributed by atoms with Crippen LogP contribution in [0.4, 0.5) is 0 Å². The third kappa shape index (κ3) is 3.32. The SMILES string of the molecule is CCOC(=O)C[C@@H](c1c(C)nn(C)c1C)c1c(O)c2ccccc2[nH]c1=O. The van der Waals surface area contributed by atoms with Gasteiger partial charge in [0.1, 0.15) is 5.75 Å². The highest BCUT2D eigenvalue weighted by atomic mass is 16.5. The van der Waals surface area contributed by atoms with Crippen molar-refractivity contribution >= 4 is 16.9 Å². The third-order valence-corrected chi connectivity index (χ3v) is 4.87. The zero-order chi connectivity index (χ0) is 19.7. The molecule has 3 aromatic rings. The molecule has 2 heterocycles. The molecule has 0 radical (unpaired) electrons. The van der Waals surface area contributed by atoms with Gasteiger partial charge in [0.15, 0.2) is 0 Å². The van der Waals surface area contributed by atoms with Crippen LogP contribution in [0.25, 0.3) is 10.9 Å². The number of para-hydroxylation sites is 1. The van der Waals surface area contributed by atoms with Crippen molar-refractivity contribution in [3.05, 3.63) is 57.1 Å². The van der Waals surface area contributed by atoms with Crippen molar-refractivity contribution in [2.45, 2.75) is 33.1 Å². The van der Waals surface area contributed by atoms with E-state index in [1.807, 2.05) is 13.8 Å². The van der Waals surface area contributed by atoms with Crippen molar-refractivity contribution < 1.29 is 14.6 Å². The van der Waals surface area contributed by atoms with Gasteiger partial charge in [-0.3, -0.25) is 14.3 Å². The highest BCUT2D eigenvalue weighted by molar-refractivity contribution is 5.86. The number of rotatable bonds is 5. The van der Waals surface area contributed by atoms with Crippen LogP contribution in [-0.4, -0.2) is 32.4 Å². The molecule has 0 spiro atoms. The Balaban J connectivity index is 2.26. The molecule has 0 bridgehead atoms. The number of pyridine rings is 1. The molecule has 2 N–H and O–H groups in total. The second-order valence-electron chi connectivity index (χ2n) is 6.53. The van der Waals surface area contributed by atoms with Crippen LogP contribution >= 0.6 is 0 Å². The lowest BCUT2D eigenvalue weighted by Gasteiger charge is -2.19. The molecule has 7 nitrogen and oxygen atoms in total. The Morgan fingerprint density at radius 1 is 1.30 bits per heavy atom. The number of hydrogen-bond donors (Lipinski definition) is 2. The number of aromatic nitrogens is 3. The number of nitrogens with zero attached hydrogens (tertiary/aromatic N) is 2. The van der Waals surface area contributed by atoms with Gasteiger partial charge in [0.05, 0.1) is 29.8 Å². The van der Waals surface area contributed by atoms with Gasteiger partial charge in [0, 0.05) is 29.6 Å². The van der Waals surface area contributed by atoms with E-state index < -0.39 is 17.4 Å². The van der Waals surface area contributed by atoms with Crippen molar-refractivity contribution in [2.24, 2.45) is 7.05 Å². The number of benzene rings is 1. The zero-order valence-corrected chi connectivity index (χ0v) is 15.9. The van der Waals surface area contributed by atoms with E-state index in [2.05, 4.69) is 10.1 Å². The molecule has 1 atom stereocenters. The number of aromatic amines is 1. The lowest BCUT2D eigenvalue weighted by atomic mass is 9.86. The van der Waals surface area contributed by atoms with Crippen LogP contribution in [0.3, 0.4) is 0 Å². The van der Waals surface area contributed by atoms with Crippen molar-refractivity contribution in [3.8, 4) is 5.75 Å². The predicted octanol–water partition coefficient (Wildman–Crippen LogP) is 2.67. The van der Waals surface area contributed by atoms with Gasteiger partial charge in [-0.05, 0) is 32.9 Å². The van der Waals surface area contributed by atoms with Gasteiger partial charge in [-0.1, -0.05) is 12.1 Å². The Bertz CT molecular complexity index is 1070. The number of H-pyrrole nitrogens is 1. The standard InChI is InChI=1S/C20H23N3O4/c1-5-27-16(24)10-14(17-11(2)22-23(4)12(17)3)18-19(25)13-8-6-7-9-15(13)21-20(18)26/h6-9,14H,5,10H2,1-4H3,(H2,21,25,26)/t14-/m0/s1. The largest absolute Gasteiger partial charge is 0.507 e. The number of carbonyl (C=O) groups excluding carboxylic acids is 1. The number of nitrogens with one attached hydrogen (secondary N) is 1. The first-order valence-corrected chi connectivity index (χ1v) is 8.84. The molecule has 0 aliphatic rings. The lowest BCUT2D eigenvalue weighted by molar-refractivity contribution is -0.143. The second kappa shape index (κ2) is 7.26. The van der Waals surface area contributed by atoms with Gasteiger partial charge in [0.2, 0.25) is 0 Å². The Morgan fingerprint density at radius 2 is 2.00 bits per heavy atom. The van der Waals surface area contributed by atoms with E-state index in [1.54, 1.807) is 42.9 Å². The molecular formula is C20H23N3O4. The number of aromatic hydroxyl groups is 1. The summed E-state index contributed by atoms with van der Waals surface area (Å²) < 4.78 is 6.81. The normalized spacial score (nSPS) is 12.3. The zero-order valence-electron chi connectivity index (χ0n) is 15.9. The summed E-state index contributed by atoms with van der Waals surface area (Å²) in [4.78, 5) is 27.9. The van der Waals surface area contributed by atoms with Crippen molar-refractivity contribution in [2.75, 3.05) is 6.61 Å². The molecule has 0 aliphatic carbocycles. The molecule has 1 aromatic carbocycles. The van der Waals surface area contributed by atoms with Crippen LogP contribution in [0.1, 0.15) is 41.8 Å². The van der Waals surface area contributed by atoms with Crippen LogP contribution in [0, 0.1) is 13.8 Å². The minimum Gasteiger partial charge on any atom is -0.507 e. The summed E-state index contributed by atoms with van der Waals surface area (Å²) in [6, 6.07) is 7.02. The van der Waals surface area contributed by atoms with Gasteiger partial charge in [0.25, 0.3) is 5.56 Å². The number of hydrogen-bond acceptors (Lipinski definition) is 5. The summed E-state index contributed by atoms with van der Waals surface area (Å²) in [6.07, 6.45) is -0.0593. The summed E-state index contributed by atoms with van der Waals surface area (Å²) in [6.45, 7) is 5.68. The number of esters is 1. The fourth-order valence-corrected chi connectivity index (χ4v) is 3.59. The summed E-state index contributed by atoms with van der Waals surface area (Å²) >= 11 is 0. The number of carbonyl (C=O) groups is 1. The minimum absolute atomic E-state index is 0.0593. The average molecular weight is 369 g/mol. The molecule has 27 heavy (non-hydrogen) atoms. The van der Waals surface area contributed by atoms with E-state index in [4.69, 9.17) is 4.74 Å². The van der Waals surface area contributed by atoms with Crippen molar-refractivity contribution in [1.82, 2.24) is 14.8 Å². The van der Waals surface area contributed by atoms with Crippen LogP contribution in [0.2, 0.25) is 0 Å². The topological polar surface area (TPSA) is 97.2 Å². The Hall–Kier alpha value is -3.09. The summed E-state index contributed by atoms with van der Waals surface area (Å²) in [5, 5.41) is 15.8. The van der Waals surface area contributed by atoms with E-state index in [0.717, 1.165) is 11.3 Å². The van der Waals surface area contributed by atoms with Crippen molar-refractivity contribution in [3.63, 3.8) is 0 Å². The maximum Gasteiger partial charge on any atom is 0.306 e. The predicted molar refractivity (Wildman–Crippen MR) is 102 cm³/mol. The monoisotopic (exact) mass is 369 g/mol. The molecule has 0 saturated heterocycles. The average Bonchev–Trinajstić information content (AvgIpc) is 2.86. The lowest BCUT2D eigenvalue weighted by Crippen LogP contribution is -2.21. The van der Waals surface area contributed by atoms with Gasteiger partial charge < -0.3 is 14.8 Å². The van der Waals surface area contributed by atoms with Crippen LogP contribution < -0.4 is 5.56 Å². The van der Waals surface area contributed by atoms with Crippen LogP contribution in [0.15, 0.2) is 29.1 Å². The van der Waals surface area contributed by atoms with E-state index in [0.29, 0.717) is 16.6 Å². The maximum atomic E-state index is 12.8. The van der Waals surface area contributed by atoms with Crippen molar-refractivity contribution in [1.29, 1.82) is 0 Å². The first-order valence-electron chi connectivity index (χ1n) is 8.84. The molecule has 0 unspecified atom stereocenters. The van der Waals surface area contributed by atoms with Gasteiger partial charge >= 0.3 is 5.97 Å². The summed E-state index contributed by atoms with van der Waals surface area (Å²) in [5.74, 6) is -1.21. The quantitative estimate of drug-likeness (QED) is 0.674. The molecule has 0 aliphatic heterocycles. The Morgan fingerprint density at radius 3 is 2.63 bits per heavy atom. The highest BCUT2D eigenvalue weighted by Crippen LogP contribution is 2.37. The number of ether oxygens (including phenoxy) is 1. The fraction of sp³-hybridized carbons (Fsp3) is 0.350. The maximum absolute atomic E-state index is 12.8. The van der Waals surface area contributed by atoms with E-state index >= 15 is 0 Å². The van der Waals surface area contributed by atoms with E-state index in [-0.39, 0.29) is 24.3 Å². The molecule has 7 heteroatoms. The molecular weight excluding hydrogens is 346 g/mol. The second-order valence-corrected chi connectivity index (χ2v) is 6.53. The molecule has 142 valence electrons. The highest BCUT2D eigenvalue weighted by Gasteiger charge is 2.30. The van der Waals surface area contributed by atoms with Gasteiger partial charge in [-0.25, -0.2) is 0 Å². The molecule has 2 aromatic heterocycles. The van der Waals surface area contributed by atoms with Gasteiger partial charge in [-0.2, -0.15) is 5.10 Å². The number of fused-ring (bicyclic) bond motifs is 1. The molecule has 0 saturated carbocycles. The van der Waals surface area contributed by atoms with E-state index in [9.17, 15) is 14.7 Å². The summed E-state index contributed by atoms with van der Waals surface area (Å²) in [7, 11) is 1.80. The smallest absolute Gasteiger partial charge is 0.306 e. The number of aryl methyl sites for hydroxylation is 2. The first kappa shape index (κ1) is 18.7. The van der Waals surface area contributed by atoms with Crippen LogP contribution in [-0.2, 0) is 16.6 Å².